The summed E-state index contributed by atoms with van der Waals surface area (Å²) in [5.74, 6) is 1.39. The van der Waals surface area contributed by atoms with Crippen LogP contribution in [0.5, 0.6) is 5.88 Å². The molecule has 0 spiro atoms. The van der Waals surface area contributed by atoms with Crippen LogP contribution in [0, 0.1) is 0 Å². The van der Waals surface area contributed by atoms with Crippen molar-refractivity contribution in [2.24, 2.45) is 5.73 Å². The minimum atomic E-state index is 0.584. The first kappa shape index (κ1) is 12.7. The maximum atomic E-state index is 5.42. The van der Waals surface area contributed by atoms with Crippen LogP contribution in [0.2, 0.25) is 0 Å². The lowest BCUT2D eigenvalue weighted by Gasteiger charge is -2.05. The molecule has 90 valence electrons. The van der Waals surface area contributed by atoms with E-state index in [9.17, 15) is 0 Å². The van der Waals surface area contributed by atoms with Gasteiger partial charge in [-0.15, -0.1) is 0 Å². The Labute approximate surface area is 96.4 Å². The van der Waals surface area contributed by atoms with Crippen LogP contribution in [-0.2, 0) is 0 Å². The topological polar surface area (TPSA) is 73.1 Å². The van der Waals surface area contributed by atoms with E-state index in [1.807, 2.05) is 0 Å². The Morgan fingerprint density at radius 1 is 1.25 bits per heavy atom. The lowest BCUT2D eigenvalue weighted by molar-refractivity contribution is 0.397. The van der Waals surface area contributed by atoms with Gasteiger partial charge in [0.15, 0.2) is 0 Å². The molecule has 1 aromatic heterocycles. The van der Waals surface area contributed by atoms with Gasteiger partial charge < -0.3 is 15.8 Å². The average molecular weight is 224 g/mol. The van der Waals surface area contributed by atoms with Gasteiger partial charge in [-0.05, 0) is 19.4 Å². The summed E-state index contributed by atoms with van der Waals surface area (Å²) in [5, 5.41) is 3.23. The van der Waals surface area contributed by atoms with Crippen molar-refractivity contribution in [2.45, 2.75) is 25.7 Å². The number of aromatic nitrogens is 2. The van der Waals surface area contributed by atoms with Gasteiger partial charge in [0, 0.05) is 12.6 Å². The zero-order valence-electron chi connectivity index (χ0n) is 9.78. The van der Waals surface area contributed by atoms with Crippen LogP contribution in [0.25, 0.3) is 0 Å². The molecule has 0 amide bonds. The van der Waals surface area contributed by atoms with Crippen molar-refractivity contribution in [2.75, 3.05) is 25.5 Å². The van der Waals surface area contributed by atoms with Gasteiger partial charge in [0.2, 0.25) is 5.88 Å². The second-order valence-corrected chi connectivity index (χ2v) is 3.58. The summed E-state index contributed by atoms with van der Waals surface area (Å²) in [4.78, 5) is 8.04. The molecule has 1 rings (SSSR count). The van der Waals surface area contributed by atoms with E-state index in [2.05, 4.69) is 15.3 Å². The molecule has 0 saturated carbocycles. The SMILES string of the molecule is COc1cc(NCCCCCCN)ncn1. The molecule has 5 heteroatoms. The summed E-state index contributed by atoms with van der Waals surface area (Å²) in [6, 6.07) is 1.79. The highest BCUT2D eigenvalue weighted by Crippen LogP contribution is 2.10. The Balaban J connectivity index is 2.16. The average Bonchev–Trinajstić information content (AvgIpc) is 2.34. The standard InChI is InChI=1S/C11H20N4O/c1-16-11-8-10(14-9-15-11)13-7-5-3-2-4-6-12/h8-9H,2-7,12H2,1H3,(H,13,14,15). The van der Waals surface area contributed by atoms with Gasteiger partial charge in [0.1, 0.15) is 12.1 Å². The van der Waals surface area contributed by atoms with E-state index in [1.165, 1.54) is 19.2 Å². The van der Waals surface area contributed by atoms with E-state index in [0.717, 1.165) is 31.7 Å². The third-order valence-electron chi connectivity index (χ3n) is 2.29. The molecule has 0 aliphatic carbocycles. The number of nitrogens with two attached hydrogens (primary N) is 1. The maximum absolute atomic E-state index is 5.42. The molecule has 0 aliphatic rings. The molecule has 1 heterocycles. The highest BCUT2D eigenvalue weighted by molar-refractivity contribution is 5.36. The number of anilines is 1. The van der Waals surface area contributed by atoms with Crippen LogP contribution in [0.15, 0.2) is 12.4 Å². The van der Waals surface area contributed by atoms with Gasteiger partial charge in [0.05, 0.1) is 7.11 Å². The van der Waals surface area contributed by atoms with Crippen LogP contribution in [0.4, 0.5) is 5.82 Å². The fourth-order valence-electron chi connectivity index (χ4n) is 1.39. The van der Waals surface area contributed by atoms with Crippen molar-refractivity contribution in [1.82, 2.24) is 9.97 Å². The van der Waals surface area contributed by atoms with Crippen molar-refractivity contribution in [3.05, 3.63) is 12.4 Å². The van der Waals surface area contributed by atoms with Crippen LogP contribution >= 0.6 is 0 Å². The number of ether oxygens (including phenoxy) is 1. The molecule has 0 aliphatic heterocycles. The number of nitrogens with zero attached hydrogens (tertiary/aromatic N) is 2. The molecule has 1 aromatic rings. The van der Waals surface area contributed by atoms with Crippen LogP contribution in [0.3, 0.4) is 0 Å². The minimum absolute atomic E-state index is 0.584. The lowest BCUT2D eigenvalue weighted by atomic mass is 10.2. The van der Waals surface area contributed by atoms with Gasteiger partial charge in [-0.1, -0.05) is 12.8 Å². The first-order valence-electron chi connectivity index (χ1n) is 5.67. The van der Waals surface area contributed by atoms with Gasteiger partial charge in [-0.3, -0.25) is 0 Å². The first-order chi connectivity index (χ1) is 7.86. The van der Waals surface area contributed by atoms with Gasteiger partial charge in [0.25, 0.3) is 0 Å². The summed E-state index contributed by atoms with van der Waals surface area (Å²) in [7, 11) is 1.60. The van der Waals surface area contributed by atoms with Crippen LogP contribution in [-0.4, -0.2) is 30.2 Å². The highest BCUT2D eigenvalue weighted by Gasteiger charge is 1.97. The number of nitrogens with one attached hydrogen (secondary N) is 1. The monoisotopic (exact) mass is 224 g/mol. The van der Waals surface area contributed by atoms with Crippen molar-refractivity contribution >= 4 is 5.82 Å². The van der Waals surface area contributed by atoms with Crippen LogP contribution < -0.4 is 15.8 Å². The molecule has 5 nitrogen and oxygen atoms in total. The van der Waals surface area contributed by atoms with Crippen LogP contribution in [0.1, 0.15) is 25.7 Å². The van der Waals surface area contributed by atoms with E-state index in [-0.39, 0.29) is 0 Å². The zero-order valence-corrected chi connectivity index (χ0v) is 9.78. The summed E-state index contributed by atoms with van der Waals surface area (Å²) in [6.07, 6.45) is 6.14. The Morgan fingerprint density at radius 2 is 2.06 bits per heavy atom. The number of hydrogen-bond donors (Lipinski definition) is 2. The van der Waals surface area contributed by atoms with E-state index < -0.39 is 0 Å². The third-order valence-corrected chi connectivity index (χ3v) is 2.29. The zero-order chi connectivity index (χ0) is 11.6. The number of rotatable bonds is 8. The normalized spacial score (nSPS) is 10.1. The largest absolute Gasteiger partial charge is 0.481 e. The molecule has 0 radical (unpaired) electrons. The predicted molar refractivity (Wildman–Crippen MR) is 64.6 cm³/mol. The van der Waals surface area contributed by atoms with Crippen molar-refractivity contribution in [3.63, 3.8) is 0 Å². The minimum Gasteiger partial charge on any atom is -0.481 e. The molecule has 0 unspecified atom stereocenters. The van der Waals surface area contributed by atoms with Gasteiger partial charge in [-0.2, -0.15) is 0 Å². The summed E-state index contributed by atoms with van der Waals surface area (Å²) >= 11 is 0. The van der Waals surface area contributed by atoms with Crippen molar-refractivity contribution < 1.29 is 4.74 Å². The Hall–Kier alpha value is -1.36. The highest BCUT2D eigenvalue weighted by atomic mass is 16.5. The lowest BCUT2D eigenvalue weighted by Crippen LogP contribution is -2.04. The predicted octanol–water partition coefficient (Wildman–Crippen LogP) is 1.42. The quantitative estimate of drug-likeness (QED) is 0.653. The molecule has 0 bridgehead atoms. The molecule has 16 heavy (non-hydrogen) atoms. The van der Waals surface area contributed by atoms with E-state index >= 15 is 0 Å². The second-order valence-electron chi connectivity index (χ2n) is 3.58. The Kier molecular flexibility index (Phi) is 6.25. The third kappa shape index (κ3) is 4.93. The van der Waals surface area contributed by atoms with Gasteiger partial charge in [-0.25, -0.2) is 9.97 Å². The van der Waals surface area contributed by atoms with E-state index in [1.54, 1.807) is 13.2 Å². The summed E-state index contributed by atoms with van der Waals surface area (Å²) < 4.78 is 5.01. The molecule has 3 N–H and O–H groups in total. The Bertz CT molecular complexity index is 293. The molecule has 0 saturated heterocycles. The molecule has 0 atom stereocenters. The smallest absolute Gasteiger partial charge is 0.218 e. The summed E-state index contributed by atoms with van der Waals surface area (Å²) in [6.45, 7) is 1.71. The molecule has 0 aromatic carbocycles. The van der Waals surface area contributed by atoms with E-state index in [4.69, 9.17) is 10.5 Å². The fourth-order valence-corrected chi connectivity index (χ4v) is 1.39. The maximum Gasteiger partial charge on any atom is 0.218 e. The van der Waals surface area contributed by atoms with Crippen molar-refractivity contribution in [3.8, 4) is 5.88 Å². The molecular formula is C11H20N4O. The number of unbranched alkanes of at least 4 members (excludes halogenated alkanes) is 3. The summed E-state index contributed by atoms with van der Waals surface area (Å²) in [5.41, 5.74) is 5.42. The van der Waals surface area contributed by atoms with Gasteiger partial charge >= 0.3 is 0 Å². The number of hydrogen-bond acceptors (Lipinski definition) is 5. The first-order valence-corrected chi connectivity index (χ1v) is 5.67. The molecule has 0 fully saturated rings. The van der Waals surface area contributed by atoms with Crippen molar-refractivity contribution in [1.29, 1.82) is 0 Å². The second kappa shape index (κ2) is 7.87. The van der Waals surface area contributed by atoms with E-state index in [0.29, 0.717) is 5.88 Å². The Morgan fingerprint density at radius 3 is 2.81 bits per heavy atom. The molecular weight excluding hydrogens is 204 g/mol. The fraction of sp³-hybridized carbons (Fsp3) is 0.636. The number of methoxy groups -OCH3 is 1.